The Morgan fingerprint density at radius 3 is 2.78 bits per heavy atom. The molecule has 23 heavy (non-hydrogen) atoms. The van der Waals surface area contributed by atoms with E-state index in [0.717, 1.165) is 39.1 Å². The van der Waals surface area contributed by atoms with E-state index in [1.807, 2.05) is 11.9 Å². The molecule has 4 heteroatoms. The first-order valence-electron chi connectivity index (χ1n) is 8.59. The molecule has 1 aromatic carbocycles. The molecule has 0 aliphatic carbocycles. The second-order valence-corrected chi connectivity index (χ2v) is 6.79. The highest BCUT2D eigenvalue weighted by molar-refractivity contribution is 5.78. The van der Waals surface area contributed by atoms with Gasteiger partial charge in [-0.25, -0.2) is 0 Å². The summed E-state index contributed by atoms with van der Waals surface area (Å²) in [6.45, 7) is 5.98. The number of benzene rings is 1. The van der Waals surface area contributed by atoms with E-state index in [-0.39, 0.29) is 5.91 Å². The highest BCUT2D eigenvalue weighted by Gasteiger charge is 2.23. The number of hydrogen-bond acceptors (Lipinski definition) is 3. The van der Waals surface area contributed by atoms with Crippen molar-refractivity contribution in [3.8, 4) is 0 Å². The SMILES string of the molecule is COCC[C@@H]1CCCN(C(=O)CN(C)Cc2ccc(C)cc2)C1. The van der Waals surface area contributed by atoms with Crippen LogP contribution in [0.1, 0.15) is 30.4 Å². The molecule has 1 heterocycles. The minimum atomic E-state index is 0.252. The number of methoxy groups -OCH3 is 1. The topological polar surface area (TPSA) is 32.8 Å². The van der Waals surface area contributed by atoms with Gasteiger partial charge in [0.2, 0.25) is 5.91 Å². The van der Waals surface area contributed by atoms with Crippen molar-refractivity contribution in [1.82, 2.24) is 9.80 Å². The van der Waals surface area contributed by atoms with Gasteiger partial charge in [-0.1, -0.05) is 29.8 Å². The van der Waals surface area contributed by atoms with E-state index in [4.69, 9.17) is 4.74 Å². The second-order valence-electron chi connectivity index (χ2n) is 6.79. The monoisotopic (exact) mass is 318 g/mol. The lowest BCUT2D eigenvalue weighted by Crippen LogP contribution is -2.44. The van der Waals surface area contributed by atoms with Crippen molar-refractivity contribution in [2.45, 2.75) is 32.7 Å². The smallest absolute Gasteiger partial charge is 0.236 e. The van der Waals surface area contributed by atoms with Crippen LogP contribution in [0.3, 0.4) is 0 Å². The van der Waals surface area contributed by atoms with Crippen molar-refractivity contribution in [3.05, 3.63) is 35.4 Å². The molecule has 0 spiro atoms. The summed E-state index contributed by atoms with van der Waals surface area (Å²) in [6.07, 6.45) is 3.38. The van der Waals surface area contributed by atoms with Crippen LogP contribution >= 0.6 is 0 Å². The van der Waals surface area contributed by atoms with Gasteiger partial charge in [0.15, 0.2) is 0 Å². The molecule has 1 fully saturated rings. The number of likely N-dealkylation sites (tertiary alicyclic amines) is 1. The molecule has 1 aliphatic rings. The fraction of sp³-hybridized carbons (Fsp3) is 0.632. The Bertz CT molecular complexity index is 487. The normalized spacial score (nSPS) is 18.4. The molecule has 0 unspecified atom stereocenters. The van der Waals surface area contributed by atoms with Gasteiger partial charge in [-0.3, -0.25) is 9.69 Å². The van der Waals surface area contributed by atoms with Gasteiger partial charge in [0, 0.05) is 33.4 Å². The molecular weight excluding hydrogens is 288 g/mol. The number of carbonyl (C=O) groups is 1. The van der Waals surface area contributed by atoms with E-state index >= 15 is 0 Å². The molecule has 1 amide bonds. The van der Waals surface area contributed by atoms with Gasteiger partial charge in [0.1, 0.15) is 0 Å². The maximum Gasteiger partial charge on any atom is 0.236 e. The Balaban J connectivity index is 1.79. The molecule has 1 aromatic rings. The highest BCUT2D eigenvalue weighted by atomic mass is 16.5. The first-order chi connectivity index (χ1) is 11.1. The molecule has 0 bridgehead atoms. The zero-order valence-corrected chi connectivity index (χ0v) is 14.8. The molecule has 2 rings (SSSR count). The third kappa shape index (κ3) is 5.96. The Hall–Kier alpha value is -1.39. The summed E-state index contributed by atoms with van der Waals surface area (Å²) in [6, 6.07) is 8.52. The molecule has 0 saturated carbocycles. The maximum atomic E-state index is 12.5. The molecule has 0 radical (unpaired) electrons. The maximum absolute atomic E-state index is 12.5. The number of carbonyl (C=O) groups excluding carboxylic acids is 1. The van der Waals surface area contributed by atoms with Crippen LogP contribution in [0.25, 0.3) is 0 Å². The van der Waals surface area contributed by atoms with E-state index in [0.29, 0.717) is 12.5 Å². The van der Waals surface area contributed by atoms with Crippen LogP contribution in [-0.2, 0) is 16.1 Å². The lowest BCUT2D eigenvalue weighted by molar-refractivity contribution is -0.134. The third-order valence-corrected chi connectivity index (χ3v) is 4.58. The molecule has 4 nitrogen and oxygen atoms in total. The van der Waals surface area contributed by atoms with Crippen molar-refractivity contribution in [2.24, 2.45) is 5.92 Å². The highest BCUT2D eigenvalue weighted by Crippen LogP contribution is 2.20. The predicted octanol–water partition coefficient (Wildman–Crippen LogP) is 2.70. The lowest BCUT2D eigenvalue weighted by atomic mass is 9.95. The number of ether oxygens (including phenoxy) is 1. The fourth-order valence-corrected chi connectivity index (χ4v) is 3.20. The van der Waals surface area contributed by atoms with Crippen molar-refractivity contribution in [3.63, 3.8) is 0 Å². The Labute approximate surface area is 140 Å². The number of aryl methyl sites for hydroxylation is 1. The van der Waals surface area contributed by atoms with E-state index in [1.54, 1.807) is 7.11 Å². The lowest BCUT2D eigenvalue weighted by Gasteiger charge is -2.33. The largest absolute Gasteiger partial charge is 0.385 e. The van der Waals surface area contributed by atoms with Crippen LogP contribution < -0.4 is 0 Å². The summed E-state index contributed by atoms with van der Waals surface area (Å²) in [5.74, 6) is 0.844. The summed E-state index contributed by atoms with van der Waals surface area (Å²) in [5, 5.41) is 0. The number of hydrogen-bond donors (Lipinski definition) is 0. The quantitative estimate of drug-likeness (QED) is 0.775. The van der Waals surface area contributed by atoms with Crippen LogP contribution in [0, 0.1) is 12.8 Å². The summed E-state index contributed by atoms with van der Waals surface area (Å²) in [7, 11) is 3.76. The standard InChI is InChI=1S/C19H30N2O2/c1-16-6-8-18(9-7-16)13-20(2)15-19(22)21-11-4-5-17(14-21)10-12-23-3/h6-9,17H,4-5,10-15H2,1-3H3/t17-/m0/s1. The van der Waals surface area contributed by atoms with Crippen LogP contribution in [0.2, 0.25) is 0 Å². The van der Waals surface area contributed by atoms with E-state index < -0.39 is 0 Å². The van der Waals surface area contributed by atoms with E-state index in [9.17, 15) is 4.79 Å². The van der Waals surface area contributed by atoms with Crippen LogP contribution in [0.15, 0.2) is 24.3 Å². The van der Waals surface area contributed by atoms with Gasteiger partial charge in [-0.15, -0.1) is 0 Å². The Morgan fingerprint density at radius 2 is 2.09 bits per heavy atom. The van der Waals surface area contributed by atoms with Crippen LogP contribution in [0.4, 0.5) is 0 Å². The molecular formula is C19H30N2O2. The molecule has 1 atom stereocenters. The summed E-state index contributed by atoms with van der Waals surface area (Å²) < 4.78 is 5.17. The van der Waals surface area contributed by atoms with Crippen molar-refractivity contribution < 1.29 is 9.53 Å². The zero-order valence-electron chi connectivity index (χ0n) is 14.8. The average molecular weight is 318 g/mol. The first-order valence-corrected chi connectivity index (χ1v) is 8.59. The minimum Gasteiger partial charge on any atom is -0.385 e. The summed E-state index contributed by atoms with van der Waals surface area (Å²) >= 11 is 0. The van der Waals surface area contributed by atoms with E-state index in [2.05, 4.69) is 36.1 Å². The number of likely N-dealkylation sites (N-methyl/N-ethyl adjacent to an activating group) is 1. The molecule has 0 N–H and O–H groups in total. The Morgan fingerprint density at radius 1 is 1.35 bits per heavy atom. The van der Waals surface area contributed by atoms with Gasteiger partial charge in [0.25, 0.3) is 0 Å². The Kier molecular flexibility index (Phi) is 7.06. The molecule has 0 aromatic heterocycles. The van der Waals surface area contributed by atoms with Gasteiger partial charge >= 0.3 is 0 Å². The second kappa shape index (κ2) is 9.04. The van der Waals surface area contributed by atoms with Crippen LogP contribution in [0.5, 0.6) is 0 Å². The summed E-state index contributed by atoms with van der Waals surface area (Å²) in [4.78, 5) is 16.7. The van der Waals surface area contributed by atoms with Gasteiger partial charge in [-0.05, 0) is 44.7 Å². The molecule has 1 saturated heterocycles. The van der Waals surface area contributed by atoms with Crippen molar-refractivity contribution in [1.29, 1.82) is 0 Å². The molecule has 128 valence electrons. The fourth-order valence-electron chi connectivity index (χ4n) is 3.20. The third-order valence-electron chi connectivity index (χ3n) is 4.58. The van der Waals surface area contributed by atoms with E-state index in [1.165, 1.54) is 17.5 Å². The number of nitrogens with zero attached hydrogens (tertiary/aromatic N) is 2. The average Bonchev–Trinajstić information content (AvgIpc) is 2.55. The van der Waals surface area contributed by atoms with Crippen LogP contribution in [-0.4, -0.2) is 56.1 Å². The van der Waals surface area contributed by atoms with Gasteiger partial charge in [-0.2, -0.15) is 0 Å². The first kappa shape index (κ1) is 18.0. The zero-order chi connectivity index (χ0) is 16.7. The van der Waals surface area contributed by atoms with Crippen molar-refractivity contribution >= 4 is 5.91 Å². The number of piperidine rings is 1. The minimum absolute atomic E-state index is 0.252. The number of amides is 1. The van der Waals surface area contributed by atoms with Gasteiger partial charge in [0.05, 0.1) is 6.54 Å². The van der Waals surface area contributed by atoms with Crippen molar-refractivity contribution in [2.75, 3.05) is 40.4 Å². The number of rotatable bonds is 7. The molecule has 1 aliphatic heterocycles. The summed E-state index contributed by atoms with van der Waals surface area (Å²) in [5.41, 5.74) is 2.52. The van der Waals surface area contributed by atoms with Gasteiger partial charge < -0.3 is 9.64 Å². The predicted molar refractivity (Wildman–Crippen MR) is 93.3 cm³/mol.